The predicted octanol–water partition coefficient (Wildman–Crippen LogP) is 3.11. The van der Waals surface area contributed by atoms with Gasteiger partial charge in [-0.25, -0.2) is 0 Å². The van der Waals surface area contributed by atoms with E-state index < -0.39 is 6.36 Å². The lowest BCUT2D eigenvalue weighted by atomic mass is 10.3. The van der Waals surface area contributed by atoms with Gasteiger partial charge in [-0.2, -0.15) is 0 Å². The van der Waals surface area contributed by atoms with E-state index in [0.29, 0.717) is 12.6 Å². The Morgan fingerprint density at radius 1 is 1.16 bits per heavy atom. The van der Waals surface area contributed by atoms with Crippen molar-refractivity contribution in [2.45, 2.75) is 31.7 Å². The summed E-state index contributed by atoms with van der Waals surface area (Å²) < 4.78 is 45.7. The fraction of sp³-hybridized carbons (Fsp3) is 0.538. The maximum absolute atomic E-state index is 12.2. The molecule has 0 saturated heterocycles. The van der Waals surface area contributed by atoms with Crippen molar-refractivity contribution in [1.29, 1.82) is 0 Å². The van der Waals surface area contributed by atoms with Crippen molar-refractivity contribution in [3.63, 3.8) is 0 Å². The molecule has 19 heavy (non-hydrogen) atoms. The summed E-state index contributed by atoms with van der Waals surface area (Å²) in [4.78, 5) is 0. The molecule has 1 N–H and O–H groups in total. The molecular weight excluding hydrogens is 259 g/mol. The molecule has 0 spiro atoms. The molecule has 6 heteroatoms. The van der Waals surface area contributed by atoms with Crippen LogP contribution in [0.3, 0.4) is 0 Å². The van der Waals surface area contributed by atoms with Gasteiger partial charge in [0.25, 0.3) is 0 Å². The van der Waals surface area contributed by atoms with Crippen LogP contribution in [-0.2, 0) is 0 Å². The first-order valence-corrected chi connectivity index (χ1v) is 6.25. The first-order chi connectivity index (χ1) is 9.04. The molecule has 0 atom stereocenters. The second-order valence-electron chi connectivity index (χ2n) is 4.42. The lowest BCUT2D eigenvalue weighted by Crippen LogP contribution is -2.20. The number of halogens is 3. The molecule has 1 aromatic carbocycles. The molecule has 0 unspecified atom stereocenters. The highest BCUT2D eigenvalue weighted by atomic mass is 19.4. The normalized spacial score (nSPS) is 15.3. The van der Waals surface area contributed by atoms with Crippen molar-refractivity contribution in [1.82, 2.24) is 5.32 Å². The van der Waals surface area contributed by atoms with Crippen molar-refractivity contribution >= 4 is 0 Å². The lowest BCUT2D eigenvalue weighted by Gasteiger charge is -2.13. The van der Waals surface area contributed by atoms with Crippen LogP contribution in [0.2, 0.25) is 0 Å². The summed E-state index contributed by atoms with van der Waals surface area (Å²) in [6, 6.07) is 6.42. The molecular formula is C13H16F3NO2. The fourth-order valence-corrected chi connectivity index (χ4v) is 1.63. The molecule has 0 bridgehead atoms. The van der Waals surface area contributed by atoms with E-state index in [9.17, 15) is 13.2 Å². The van der Waals surface area contributed by atoms with Gasteiger partial charge in [0.2, 0.25) is 0 Å². The van der Waals surface area contributed by atoms with E-state index in [1.165, 1.54) is 31.0 Å². The van der Waals surface area contributed by atoms with E-state index in [2.05, 4.69) is 10.1 Å². The standard InChI is InChI=1S/C13H16F3NO2/c14-13(15,16)19-12-5-2-1-4-11(12)18-9-3-8-17-10-6-7-10/h1-2,4-5,10,17H,3,6-9H2. The predicted molar refractivity (Wildman–Crippen MR) is 64.3 cm³/mol. The van der Waals surface area contributed by atoms with Gasteiger partial charge in [0, 0.05) is 6.04 Å². The van der Waals surface area contributed by atoms with Crippen molar-refractivity contribution in [2.24, 2.45) is 0 Å². The summed E-state index contributed by atoms with van der Waals surface area (Å²) in [5.74, 6) is -0.184. The maximum atomic E-state index is 12.2. The Morgan fingerprint density at radius 3 is 2.47 bits per heavy atom. The van der Waals surface area contributed by atoms with Gasteiger partial charge in [0.05, 0.1) is 6.61 Å². The average molecular weight is 275 g/mol. The zero-order valence-corrected chi connectivity index (χ0v) is 10.4. The maximum Gasteiger partial charge on any atom is 0.573 e. The van der Waals surface area contributed by atoms with Gasteiger partial charge in [-0.3, -0.25) is 0 Å². The zero-order valence-electron chi connectivity index (χ0n) is 10.4. The van der Waals surface area contributed by atoms with Crippen molar-refractivity contribution in [3.05, 3.63) is 24.3 Å². The SMILES string of the molecule is FC(F)(F)Oc1ccccc1OCCCNC1CC1. The molecule has 1 fully saturated rings. The summed E-state index contributed by atoms with van der Waals surface area (Å²) in [5.41, 5.74) is 0. The summed E-state index contributed by atoms with van der Waals surface area (Å²) >= 11 is 0. The Morgan fingerprint density at radius 2 is 1.84 bits per heavy atom. The van der Waals surface area contributed by atoms with Crippen LogP contribution in [0, 0.1) is 0 Å². The van der Waals surface area contributed by atoms with E-state index in [-0.39, 0.29) is 11.5 Å². The second kappa shape index (κ2) is 6.14. The minimum absolute atomic E-state index is 0.117. The molecule has 0 heterocycles. The van der Waals surface area contributed by atoms with Crippen molar-refractivity contribution in [3.8, 4) is 11.5 Å². The molecule has 0 radical (unpaired) electrons. The number of rotatable bonds is 7. The van der Waals surface area contributed by atoms with Gasteiger partial charge < -0.3 is 14.8 Å². The quantitative estimate of drug-likeness (QED) is 0.776. The van der Waals surface area contributed by atoms with Gasteiger partial charge in [-0.05, 0) is 37.9 Å². The first kappa shape index (κ1) is 14.0. The van der Waals surface area contributed by atoms with E-state index >= 15 is 0 Å². The molecule has 1 aromatic rings. The summed E-state index contributed by atoms with van der Waals surface area (Å²) in [5, 5.41) is 3.30. The molecule has 106 valence electrons. The highest BCUT2D eigenvalue weighted by molar-refractivity contribution is 5.39. The highest BCUT2D eigenvalue weighted by Gasteiger charge is 2.32. The lowest BCUT2D eigenvalue weighted by molar-refractivity contribution is -0.275. The van der Waals surface area contributed by atoms with Crippen LogP contribution in [0.15, 0.2) is 24.3 Å². The van der Waals surface area contributed by atoms with Gasteiger partial charge in [-0.1, -0.05) is 12.1 Å². The molecule has 2 rings (SSSR count). The molecule has 1 aliphatic carbocycles. The Bertz CT molecular complexity index is 405. The highest BCUT2D eigenvalue weighted by Crippen LogP contribution is 2.31. The molecule has 1 aliphatic rings. The van der Waals surface area contributed by atoms with Crippen LogP contribution in [0.5, 0.6) is 11.5 Å². The van der Waals surface area contributed by atoms with Crippen LogP contribution in [-0.4, -0.2) is 25.6 Å². The van der Waals surface area contributed by atoms with Crippen LogP contribution in [0.1, 0.15) is 19.3 Å². The van der Waals surface area contributed by atoms with Crippen molar-refractivity contribution < 1.29 is 22.6 Å². The van der Waals surface area contributed by atoms with Gasteiger partial charge in [0.15, 0.2) is 11.5 Å². The van der Waals surface area contributed by atoms with Crippen molar-refractivity contribution in [2.75, 3.05) is 13.2 Å². The van der Waals surface area contributed by atoms with E-state index in [4.69, 9.17) is 4.74 Å². The molecule has 1 saturated carbocycles. The topological polar surface area (TPSA) is 30.5 Å². The third kappa shape index (κ3) is 5.38. The molecule has 3 nitrogen and oxygen atoms in total. The Labute approximate surface area is 109 Å². The Balaban J connectivity index is 1.77. The Kier molecular flexibility index (Phi) is 4.52. The van der Waals surface area contributed by atoms with Gasteiger partial charge in [0.1, 0.15) is 0 Å². The number of ether oxygens (including phenoxy) is 2. The third-order valence-electron chi connectivity index (χ3n) is 2.66. The van der Waals surface area contributed by atoms with E-state index in [1.54, 1.807) is 6.07 Å². The smallest absolute Gasteiger partial charge is 0.490 e. The van der Waals surface area contributed by atoms with Crippen LogP contribution >= 0.6 is 0 Å². The van der Waals surface area contributed by atoms with E-state index in [1.807, 2.05) is 0 Å². The number of hydrogen-bond donors (Lipinski definition) is 1. The van der Waals surface area contributed by atoms with E-state index in [0.717, 1.165) is 13.0 Å². The number of hydrogen-bond acceptors (Lipinski definition) is 3. The van der Waals surface area contributed by atoms with Crippen LogP contribution < -0.4 is 14.8 Å². The zero-order chi connectivity index (χ0) is 13.7. The number of alkyl halides is 3. The van der Waals surface area contributed by atoms with Crippen LogP contribution in [0.4, 0.5) is 13.2 Å². The monoisotopic (exact) mass is 275 g/mol. The second-order valence-corrected chi connectivity index (χ2v) is 4.42. The average Bonchev–Trinajstić information content (AvgIpc) is 3.13. The molecule has 0 aromatic heterocycles. The third-order valence-corrected chi connectivity index (χ3v) is 2.66. The first-order valence-electron chi connectivity index (χ1n) is 6.25. The fourth-order valence-electron chi connectivity index (χ4n) is 1.63. The Hall–Kier alpha value is -1.43. The number of nitrogens with one attached hydrogen (secondary N) is 1. The summed E-state index contributed by atoms with van der Waals surface area (Å²) in [6.45, 7) is 1.17. The van der Waals surface area contributed by atoms with Gasteiger partial charge in [-0.15, -0.1) is 13.2 Å². The molecule has 0 aliphatic heterocycles. The molecule has 0 amide bonds. The number of para-hydroxylation sites is 2. The largest absolute Gasteiger partial charge is 0.573 e. The summed E-state index contributed by atoms with van der Waals surface area (Å²) in [6.07, 6.45) is -1.53. The number of benzene rings is 1. The summed E-state index contributed by atoms with van der Waals surface area (Å²) in [7, 11) is 0. The van der Waals surface area contributed by atoms with Gasteiger partial charge >= 0.3 is 6.36 Å². The minimum atomic E-state index is -4.70. The minimum Gasteiger partial charge on any atom is -0.490 e. The van der Waals surface area contributed by atoms with Crippen LogP contribution in [0.25, 0.3) is 0 Å².